The lowest BCUT2D eigenvalue weighted by Gasteiger charge is -2.11. The number of ether oxygens (including phenoxy) is 2. The highest BCUT2D eigenvalue weighted by atomic mass is 35.5. The first-order chi connectivity index (χ1) is 13.6. The van der Waals surface area contributed by atoms with Crippen LogP contribution in [0, 0.1) is 0 Å². The maximum absolute atomic E-state index is 6.23. The van der Waals surface area contributed by atoms with Crippen LogP contribution in [0.5, 0.6) is 11.8 Å². The van der Waals surface area contributed by atoms with E-state index in [4.69, 9.17) is 32.7 Å². The number of aromatic nitrogens is 2. The molecule has 28 heavy (non-hydrogen) atoms. The van der Waals surface area contributed by atoms with Gasteiger partial charge in [-0.15, -0.1) is 0 Å². The number of rotatable bonds is 6. The van der Waals surface area contributed by atoms with Gasteiger partial charge in [-0.1, -0.05) is 35.3 Å². The first-order valence-corrected chi connectivity index (χ1v) is 9.68. The highest BCUT2D eigenvalue weighted by molar-refractivity contribution is 6.31. The molecular formula is C22H18Cl2N2O2. The second-order valence-corrected chi connectivity index (χ2v) is 7.08. The molecule has 0 unspecified atom stereocenters. The Hall–Kier alpha value is -2.69. The second kappa shape index (κ2) is 8.13. The molecule has 0 bridgehead atoms. The molecule has 1 heterocycles. The largest absolute Gasteiger partial charge is 0.494 e. The van der Waals surface area contributed by atoms with Gasteiger partial charge in [0.1, 0.15) is 12.4 Å². The highest BCUT2D eigenvalue weighted by Gasteiger charge is 2.15. The lowest BCUT2D eigenvalue weighted by molar-refractivity contribution is 0.278. The first-order valence-electron chi connectivity index (χ1n) is 8.92. The molecule has 4 aromatic rings. The predicted octanol–water partition coefficient (Wildman–Crippen LogP) is 6.31. The average Bonchev–Trinajstić information content (AvgIpc) is 3.06. The summed E-state index contributed by atoms with van der Waals surface area (Å²) in [4.78, 5) is 4.65. The number of benzene rings is 3. The average molecular weight is 413 g/mol. The molecule has 0 atom stereocenters. The van der Waals surface area contributed by atoms with Gasteiger partial charge < -0.3 is 9.47 Å². The fourth-order valence-corrected chi connectivity index (χ4v) is 3.25. The summed E-state index contributed by atoms with van der Waals surface area (Å²) in [7, 11) is 0. The Morgan fingerprint density at radius 2 is 1.57 bits per heavy atom. The second-order valence-electron chi connectivity index (χ2n) is 6.20. The predicted molar refractivity (Wildman–Crippen MR) is 113 cm³/mol. The molecule has 142 valence electrons. The van der Waals surface area contributed by atoms with Crippen molar-refractivity contribution in [1.29, 1.82) is 0 Å². The van der Waals surface area contributed by atoms with Crippen LogP contribution >= 0.6 is 23.2 Å². The van der Waals surface area contributed by atoms with Crippen LogP contribution < -0.4 is 9.47 Å². The van der Waals surface area contributed by atoms with Gasteiger partial charge in [-0.05, 0) is 67.1 Å². The summed E-state index contributed by atoms with van der Waals surface area (Å²) in [6.45, 7) is 2.96. The van der Waals surface area contributed by atoms with Crippen LogP contribution in [0.1, 0.15) is 12.5 Å². The number of hydrogen-bond donors (Lipinski definition) is 0. The molecule has 6 heteroatoms. The Morgan fingerprint density at radius 1 is 0.857 bits per heavy atom. The van der Waals surface area contributed by atoms with E-state index in [1.165, 1.54) is 0 Å². The molecule has 0 saturated carbocycles. The van der Waals surface area contributed by atoms with E-state index >= 15 is 0 Å². The van der Waals surface area contributed by atoms with Gasteiger partial charge in [-0.3, -0.25) is 4.57 Å². The molecule has 0 N–H and O–H groups in total. The molecule has 0 saturated heterocycles. The quantitative estimate of drug-likeness (QED) is 0.372. The van der Waals surface area contributed by atoms with E-state index in [1.54, 1.807) is 0 Å². The Kier molecular flexibility index (Phi) is 5.42. The molecule has 0 fully saturated rings. The summed E-state index contributed by atoms with van der Waals surface area (Å²) in [5.74, 6) is 0.817. The van der Waals surface area contributed by atoms with Crippen molar-refractivity contribution < 1.29 is 9.47 Å². The Morgan fingerprint density at radius 3 is 2.29 bits per heavy atom. The maximum Gasteiger partial charge on any atom is 0.302 e. The van der Waals surface area contributed by atoms with E-state index in [0.29, 0.717) is 29.3 Å². The van der Waals surface area contributed by atoms with Gasteiger partial charge in [0.25, 0.3) is 0 Å². The zero-order valence-electron chi connectivity index (χ0n) is 15.2. The lowest BCUT2D eigenvalue weighted by atomic mass is 10.2. The van der Waals surface area contributed by atoms with Crippen molar-refractivity contribution >= 4 is 34.2 Å². The van der Waals surface area contributed by atoms with Gasteiger partial charge in [0.15, 0.2) is 0 Å². The summed E-state index contributed by atoms with van der Waals surface area (Å²) in [6.07, 6.45) is 0. The van der Waals surface area contributed by atoms with Crippen molar-refractivity contribution in [2.45, 2.75) is 13.5 Å². The van der Waals surface area contributed by atoms with E-state index in [2.05, 4.69) is 4.98 Å². The van der Waals surface area contributed by atoms with Crippen LogP contribution in [0.4, 0.5) is 0 Å². The van der Waals surface area contributed by atoms with Crippen molar-refractivity contribution in [3.63, 3.8) is 0 Å². The highest BCUT2D eigenvalue weighted by Crippen LogP contribution is 2.30. The minimum Gasteiger partial charge on any atom is -0.494 e. The van der Waals surface area contributed by atoms with E-state index in [0.717, 1.165) is 28.0 Å². The number of fused-ring (bicyclic) bond motifs is 1. The summed E-state index contributed by atoms with van der Waals surface area (Å²) in [6, 6.07) is 21.4. The Bertz CT molecular complexity index is 1090. The van der Waals surface area contributed by atoms with E-state index in [1.807, 2.05) is 78.2 Å². The third-order valence-corrected chi connectivity index (χ3v) is 4.76. The van der Waals surface area contributed by atoms with Gasteiger partial charge in [0.05, 0.1) is 23.3 Å². The SMILES string of the molecule is CCOc1ccc(-n2c(OCc3ccc(Cl)cc3)nc3ccc(Cl)cc32)cc1. The van der Waals surface area contributed by atoms with E-state index in [9.17, 15) is 0 Å². The third-order valence-electron chi connectivity index (χ3n) is 4.27. The summed E-state index contributed by atoms with van der Waals surface area (Å²) in [5, 5.41) is 1.34. The summed E-state index contributed by atoms with van der Waals surface area (Å²) in [5.41, 5.74) is 3.61. The van der Waals surface area contributed by atoms with Crippen LogP contribution in [0.3, 0.4) is 0 Å². The van der Waals surface area contributed by atoms with Gasteiger partial charge in [-0.2, -0.15) is 4.98 Å². The number of halogens is 2. The minimum atomic E-state index is 0.380. The van der Waals surface area contributed by atoms with Gasteiger partial charge in [0, 0.05) is 10.0 Å². The van der Waals surface area contributed by atoms with Crippen molar-refractivity contribution in [3.8, 4) is 17.4 Å². The lowest BCUT2D eigenvalue weighted by Crippen LogP contribution is -2.03. The van der Waals surface area contributed by atoms with Crippen LogP contribution in [-0.4, -0.2) is 16.2 Å². The number of nitrogens with zero attached hydrogens (tertiary/aromatic N) is 2. The van der Waals surface area contributed by atoms with Crippen LogP contribution in [-0.2, 0) is 6.61 Å². The van der Waals surface area contributed by atoms with E-state index in [-0.39, 0.29) is 0 Å². The van der Waals surface area contributed by atoms with E-state index < -0.39 is 0 Å². The smallest absolute Gasteiger partial charge is 0.302 e. The maximum atomic E-state index is 6.23. The fraction of sp³-hybridized carbons (Fsp3) is 0.136. The molecule has 0 aliphatic heterocycles. The molecule has 0 amide bonds. The normalized spacial score (nSPS) is 11.0. The zero-order valence-corrected chi connectivity index (χ0v) is 16.7. The molecular weight excluding hydrogens is 395 g/mol. The van der Waals surface area contributed by atoms with Gasteiger partial charge in [0.2, 0.25) is 0 Å². The molecule has 4 rings (SSSR count). The molecule has 3 aromatic carbocycles. The van der Waals surface area contributed by atoms with Crippen LogP contribution in [0.25, 0.3) is 16.7 Å². The van der Waals surface area contributed by atoms with Crippen molar-refractivity contribution in [2.24, 2.45) is 0 Å². The molecule has 4 nitrogen and oxygen atoms in total. The molecule has 0 spiro atoms. The Balaban J connectivity index is 1.72. The van der Waals surface area contributed by atoms with Crippen molar-refractivity contribution in [3.05, 3.63) is 82.3 Å². The topological polar surface area (TPSA) is 36.3 Å². The third kappa shape index (κ3) is 3.93. The van der Waals surface area contributed by atoms with Crippen molar-refractivity contribution in [1.82, 2.24) is 9.55 Å². The first kappa shape index (κ1) is 18.7. The summed E-state index contributed by atoms with van der Waals surface area (Å²) < 4.78 is 13.5. The molecule has 0 aliphatic rings. The minimum absolute atomic E-state index is 0.380. The van der Waals surface area contributed by atoms with Gasteiger partial charge >= 0.3 is 6.01 Å². The molecule has 0 radical (unpaired) electrons. The zero-order chi connectivity index (χ0) is 19.5. The molecule has 1 aromatic heterocycles. The van der Waals surface area contributed by atoms with Crippen LogP contribution in [0.15, 0.2) is 66.7 Å². The molecule has 0 aliphatic carbocycles. The Labute approximate surface area is 173 Å². The van der Waals surface area contributed by atoms with Crippen LogP contribution in [0.2, 0.25) is 10.0 Å². The number of imidazole rings is 1. The number of hydrogen-bond acceptors (Lipinski definition) is 3. The van der Waals surface area contributed by atoms with Gasteiger partial charge in [-0.25, -0.2) is 0 Å². The fourth-order valence-electron chi connectivity index (χ4n) is 2.96. The van der Waals surface area contributed by atoms with Crippen molar-refractivity contribution in [2.75, 3.05) is 6.61 Å². The standard InChI is InChI=1S/C22H18Cl2N2O2/c1-2-27-19-10-8-18(9-11-19)26-21-13-17(24)7-12-20(21)25-22(26)28-14-15-3-5-16(23)6-4-15/h3-13H,2,14H2,1H3. The monoisotopic (exact) mass is 412 g/mol. The summed E-state index contributed by atoms with van der Waals surface area (Å²) >= 11 is 12.2.